The van der Waals surface area contributed by atoms with Gasteiger partial charge in [0.15, 0.2) is 0 Å². The van der Waals surface area contributed by atoms with Gasteiger partial charge in [-0.25, -0.2) is 4.79 Å². The van der Waals surface area contributed by atoms with Gasteiger partial charge in [-0.1, -0.05) is 6.92 Å². The number of nitrogens with zero attached hydrogens (tertiary/aromatic N) is 1. The summed E-state index contributed by atoms with van der Waals surface area (Å²) in [6.45, 7) is 4.95. The van der Waals surface area contributed by atoms with Crippen LogP contribution in [0.4, 0.5) is 4.79 Å². The van der Waals surface area contributed by atoms with Gasteiger partial charge in [0.25, 0.3) is 0 Å². The summed E-state index contributed by atoms with van der Waals surface area (Å²) in [6, 6.07) is 0. The van der Waals surface area contributed by atoms with E-state index in [1.54, 1.807) is 0 Å². The molecule has 0 aliphatic carbocycles. The monoisotopic (exact) mass is 175 g/mol. The number of rotatable bonds is 0. The second-order valence-corrected chi connectivity index (χ2v) is 3.27. The Morgan fingerprint density at radius 2 is 1.67 bits per heavy atom. The molecular formula is C8H17NO3. The van der Waals surface area contributed by atoms with E-state index in [2.05, 4.69) is 18.9 Å². The molecule has 0 aromatic rings. The van der Waals surface area contributed by atoms with Crippen LogP contribution in [-0.2, 0) is 0 Å². The molecule has 0 radical (unpaired) electrons. The van der Waals surface area contributed by atoms with Crippen LogP contribution >= 0.6 is 0 Å². The van der Waals surface area contributed by atoms with Crippen LogP contribution in [0, 0.1) is 5.92 Å². The molecule has 0 aromatic heterocycles. The third kappa shape index (κ3) is 7.34. The highest BCUT2D eigenvalue weighted by molar-refractivity contribution is 5.53. The molecule has 2 N–H and O–H groups in total. The largest absolute Gasteiger partial charge is 0.503 e. The third-order valence-corrected chi connectivity index (χ3v) is 2.01. The first kappa shape index (κ1) is 11.2. The lowest BCUT2D eigenvalue weighted by molar-refractivity contribution is 0.137. The molecule has 4 heteroatoms. The summed E-state index contributed by atoms with van der Waals surface area (Å²) in [4.78, 5) is 11.0. The van der Waals surface area contributed by atoms with E-state index in [4.69, 9.17) is 15.0 Å². The highest BCUT2D eigenvalue weighted by Crippen LogP contribution is 2.13. The fourth-order valence-corrected chi connectivity index (χ4v) is 1.14. The molecule has 72 valence electrons. The summed E-state index contributed by atoms with van der Waals surface area (Å²) < 4.78 is 0. The Bertz CT molecular complexity index is 116. The average molecular weight is 175 g/mol. The fraction of sp³-hybridized carbons (Fsp3) is 0.875. The van der Waals surface area contributed by atoms with Gasteiger partial charge in [-0.3, -0.25) is 0 Å². The molecule has 12 heavy (non-hydrogen) atoms. The average Bonchev–Trinajstić information content (AvgIpc) is 1.94. The number of carbonyl (C=O) groups is 1. The summed E-state index contributed by atoms with van der Waals surface area (Å²) in [5.41, 5.74) is 0. The van der Waals surface area contributed by atoms with Crippen LogP contribution in [0.15, 0.2) is 0 Å². The van der Waals surface area contributed by atoms with Crippen molar-refractivity contribution in [2.45, 2.75) is 19.8 Å². The van der Waals surface area contributed by atoms with Gasteiger partial charge in [-0.05, 0) is 38.9 Å². The Labute approximate surface area is 72.8 Å². The zero-order valence-corrected chi connectivity index (χ0v) is 7.66. The van der Waals surface area contributed by atoms with Crippen molar-refractivity contribution in [1.82, 2.24) is 4.90 Å². The van der Waals surface area contributed by atoms with Gasteiger partial charge >= 0.3 is 6.16 Å². The third-order valence-electron chi connectivity index (χ3n) is 2.01. The van der Waals surface area contributed by atoms with Gasteiger partial charge in [-0.15, -0.1) is 0 Å². The fourth-order valence-electron chi connectivity index (χ4n) is 1.14. The van der Waals surface area contributed by atoms with Crippen molar-refractivity contribution in [2.24, 2.45) is 5.92 Å². The van der Waals surface area contributed by atoms with E-state index >= 15 is 0 Å². The Hall–Kier alpha value is -0.770. The maximum atomic E-state index is 8.56. The molecule has 0 unspecified atom stereocenters. The Morgan fingerprint density at radius 1 is 1.33 bits per heavy atom. The second-order valence-electron chi connectivity index (χ2n) is 3.27. The van der Waals surface area contributed by atoms with Crippen LogP contribution in [-0.4, -0.2) is 41.4 Å². The molecule has 0 amide bonds. The van der Waals surface area contributed by atoms with Crippen LogP contribution in [0.5, 0.6) is 0 Å². The van der Waals surface area contributed by atoms with E-state index < -0.39 is 6.16 Å². The van der Waals surface area contributed by atoms with E-state index in [0.717, 1.165) is 5.92 Å². The van der Waals surface area contributed by atoms with Crippen molar-refractivity contribution in [3.8, 4) is 0 Å². The van der Waals surface area contributed by atoms with Crippen molar-refractivity contribution < 1.29 is 15.0 Å². The Morgan fingerprint density at radius 3 is 1.92 bits per heavy atom. The summed E-state index contributed by atoms with van der Waals surface area (Å²) in [6.07, 6.45) is 0.965. The second kappa shape index (κ2) is 5.83. The molecule has 0 spiro atoms. The van der Waals surface area contributed by atoms with Crippen molar-refractivity contribution in [1.29, 1.82) is 0 Å². The minimum atomic E-state index is -1.83. The smallest absolute Gasteiger partial charge is 0.450 e. The summed E-state index contributed by atoms with van der Waals surface area (Å²) in [5.74, 6) is 0.978. The predicted molar refractivity (Wildman–Crippen MR) is 46.5 cm³/mol. The van der Waals surface area contributed by atoms with E-state index in [-0.39, 0.29) is 0 Å². The predicted octanol–water partition coefficient (Wildman–Crippen LogP) is 1.57. The highest BCUT2D eigenvalue weighted by Gasteiger charge is 2.10. The van der Waals surface area contributed by atoms with E-state index in [0.29, 0.717) is 0 Å². The van der Waals surface area contributed by atoms with Crippen molar-refractivity contribution >= 4 is 6.16 Å². The van der Waals surface area contributed by atoms with Crippen LogP contribution in [0.3, 0.4) is 0 Å². The minimum absolute atomic E-state index is 0.978. The maximum absolute atomic E-state index is 8.56. The van der Waals surface area contributed by atoms with Crippen LogP contribution in [0.2, 0.25) is 0 Å². The molecule has 1 fully saturated rings. The summed E-state index contributed by atoms with van der Waals surface area (Å²) >= 11 is 0. The van der Waals surface area contributed by atoms with Crippen LogP contribution in [0.25, 0.3) is 0 Å². The highest BCUT2D eigenvalue weighted by atomic mass is 16.6. The summed E-state index contributed by atoms with van der Waals surface area (Å²) in [7, 11) is 2.20. The summed E-state index contributed by atoms with van der Waals surface area (Å²) in [5, 5.41) is 13.9. The maximum Gasteiger partial charge on any atom is 0.503 e. The van der Waals surface area contributed by atoms with Crippen molar-refractivity contribution in [3.05, 3.63) is 0 Å². The molecule has 1 aliphatic rings. The first-order valence-electron chi connectivity index (χ1n) is 4.12. The Kier molecular flexibility index (Phi) is 5.45. The van der Waals surface area contributed by atoms with Crippen LogP contribution in [0.1, 0.15) is 19.8 Å². The quantitative estimate of drug-likeness (QED) is 0.586. The van der Waals surface area contributed by atoms with E-state index in [9.17, 15) is 0 Å². The molecule has 1 rings (SSSR count). The first-order chi connectivity index (χ1) is 5.52. The van der Waals surface area contributed by atoms with Crippen molar-refractivity contribution in [2.75, 3.05) is 20.1 Å². The van der Waals surface area contributed by atoms with Gasteiger partial charge in [0.05, 0.1) is 0 Å². The SMILES string of the molecule is CC1CCN(C)CC1.O=C(O)O. The molecule has 1 heterocycles. The van der Waals surface area contributed by atoms with E-state index in [1.165, 1.54) is 25.9 Å². The molecule has 0 aromatic carbocycles. The topological polar surface area (TPSA) is 60.8 Å². The number of carboxylic acid groups (broad SMARTS) is 2. The van der Waals surface area contributed by atoms with Crippen LogP contribution < -0.4 is 0 Å². The molecule has 0 bridgehead atoms. The van der Waals surface area contributed by atoms with Gasteiger partial charge in [0.1, 0.15) is 0 Å². The lowest BCUT2D eigenvalue weighted by Gasteiger charge is -2.26. The minimum Gasteiger partial charge on any atom is -0.450 e. The number of likely N-dealkylation sites (tertiary alicyclic amines) is 1. The standard InChI is InChI=1S/C7H15N.CH2O3/c1-7-3-5-8(2)6-4-7;2-1(3)4/h7H,3-6H2,1-2H3;(H2,2,3,4). The number of piperidine rings is 1. The van der Waals surface area contributed by atoms with Gasteiger partial charge in [-0.2, -0.15) is 0 Å². The molecule has 0 saturated carbocycles. The van der Waals surface area contributed by atoms with Gasteiger partial charge in [0, 0.05) is 0 Å². The molecule has 1 saturated heterocycles. The van der Waals surface area contributed by atoms with Gasteiger partial charge < -0.3 is 15.1 Å². The zero-order valence-electron chi connectivity index (χ0n) is 7.66. The first-order valence-corrected chi connectivity index (χ1v) is 4.12. The number of hydrogen-bond acceptors (Lipinski definition) is 2. The lowest BCUT2D eigenvalue weighted by Crippen LogP contribution is -2.28. The number of hydrogen-bond donors (Lipinski definition) is 2. The molecule has 4 nitrogen and oxygen atoms in total. The molecular weight excluding hydrogens is 158 g/mol. The van der Waals surface area contributed by atoms with Crippen molar-refractivity contribution in [3.63, 3.8) is 0 Å². The van der Waals surface area contributed by atoms with E-state index in [1.807, 2.05) is 0 Å². The zero-order chi connectivity index (χ0) is 9.56. The lowest BCUT2D eigenvalue weighted by atomic mass is 10.00. The van der Waals surface area contributed by atoms with Gasteiger partial charge in [0.2, 0.25) is 0 Å². The molecule has 1 aliphatic heterocycles. The molecule has 0 atom stereocenters. The Balaban J connectivity index is 0.000000261. The normalized spacial score (nSPS) is 19.5.